The summed E-state index contributed by atoms with van der Waals surface area (Å²) in [7, 11) is -4.39. The van der Waals surface area contributed by atoms with Crippen molar-refractivity contribution in [1.29, 1.82) is 0 Å². The number of sulfone groups is 1. The van der Waals surface area contributed by atoms with Crippen LogP contribution in [-0.2, 0) is 24.1 Å². The van der Waals surface area contributed by atoms with Crippen LogP contribution in [0, 0.1) is 16.0 Å². The van der Waals surface area contributed by atoms with Gasteiger partial charge in [-0.2, -0.15) is 0 Å². The maximum Gasteiger partial charge on any atom is 0.348 e. The lowest BCUT2D eigenvalue weighted by atomic mass is 10.0. The van der Waals surface area contributed by atoms with Crippen molar-refractivity contribution in [3.8, 4) is 0 Å². The van der Waals surface area contributed by atoms with E-state index in [1.54, 1.807) is 34.6 Å². The molecule has 1 N–H and O–H groups in total. The van der Waals surface area contributed by atoms with Crippen LogP contribution in [0.4, 0.5) is 5.69 Å². The summed E-state index contributed by atoms with van der Waals surface area (Å²) in [4.78, 5) is 21.7. The first kappa shape index (κ1) is 26.2. The summed E-state index contributed by atoms with van der Waals surface area (Å²) < 4.78 is 39.4. The molecule has 1 aromatic rings. The van der Waals surface area contributed by atoms with Crippen LogP contribution in [0.1, 0.15) is 41.5 Å². The zero-order valence-electron chi connectivity index (χ0n) is 19.6. The fraction of sp³-hybridized carbons (Fsp3) is 0.667. The van der Waals surface area contributed by atoms with E-state index in [2.05, 4.69) is 5.43 Å². The zero-order chi connectivity index (χ0) is 24.4. The number of morpholine rings is 1. The first-order valence-corrected chi connectivity index (χ1v) is 12.1. The number of rotatable bonds is 8. The predicted molar refractivity (Wildman–Crippen MR) is 118 cm³/mol. The second-order valence-corrected chi connectivity index (χ2v) is 11.4. The number of hydrogen-bond acceptors (Lipinski definition) is 8. The van der Waals surface area contributed by atoms with E-state index < -0.39 is 37.1 Å². The van der Waals surface area contributed by atoms with Gasteiger partial charge in [0.2, 0.25) is 9.84 Å². The van der Waals surface area contributed by atoms with Crippen molar-refractivity contribution in [1.82, 2.24) is 5.43 Å². The molecule has 0 amide bonds. The van der Waals surface area contributed by atoms with Crippen LogP contribution in [0.15, 0.2) is 29.2 Å². The Morgan fingerprint density at radius 1 is 1.22 bits per heavy atom. The molecule has 1 atom stereocenters. The second-order valence-electron chi connectivity index (χ2n) is 9.28. The fourth-order valence-electron chi connectivity index (χ4n) is 3.73. The summed E-state index contributed by atoms with van der Waals surface area (Å²) in [5.41, 5.74) is 2.03. The lowest BCUT2D eigenvalue weighted by Crippen LogP contribution is -2.75. The third-order valence-electron chi connectivity index (χ3n) is 5.63. The Bertz CT molecular complexity index is 933. The van der Waals surface area contributed by atoms with Crippen LogP contribution in [0.3, 0.4) is 0 Å². The quantitative estimate of drug-likeness (QED) is 0.265. The standard InChI is InChI=1S/C21H34N3O7S/c1-7-24(12-14-30-15-13-24)22-21(16(2)3,19(25)31-20(4,5)6)32(28,29)18-10-8-17(9-11-18)23(26)27/h8-11,16,22H,7,12-15H2,1-6H3/q+1/t21-/m1/s1. The van der Waals surface area contributed by atoms with Crippen LogP contribution < -0.4 is 5.43 Å². The van der Waals surface area contributed by atoms with Crippen molar-refractivity contribution < 1.29 is 32.2 Å². The van der Waals surface area contributed by atoms with Gasteiger partial charge < -0.3 is 9.47 Å². The number of benzene rings is 1. The Balaban J connectivity index is 2.71. The number of carbonyl (C=O) groups excluding carboxylic acids is 1. The molecule has 1 aliphatic heterocycles. The van der Waals surface area contributed by atoms with Crippen molar-refractivity contribution in [2.45, 2.75) is 56.9 Å². The molecule has 1 aliphatic rings. The SMILES string of the molecule is CC[N+]1(N[C@](C(=O)OC(C)(C)C)(C(C)C)S(=O)(=O)c2ccc([N+](=O)[O-])cc2)CCOCC1. The van der Waals surface area contributed by atoms with Gasteiger partial charge in [-0.3, -0.25) is 10.1 Å². The Kier molecular flexibility index (Phi) is 7.71. The molecule has 1 saturated heterocycles. The van der Waals surface area contributed by atoms with Crippen LogP contribution >= 0.6 is 0 Å². The molecule has 1 heterocycles. The molecule has 32 heavy (non-hydrogen) atoms. The lowest BCUT2D eigenvalue weighted by Gasteiger charge is -2.47. The normalized spacial score (nSPS) is 18.7. The monoisotopic (exact) mass is 472 g/mol. The Hall–Kier alpha value is -2.08. The van der Waals surface area contributed by atoms with Gasteiger partial charge in [0, 0.05) is 18.1 Å². The molecule has 0 bridgehead atoms. The van der Waals surface area contributed by atoms with E-state index in [1.165, 1.54) is 0 Å². The van der Waals surface area contributed by atoms with E-state index in [9.17, 15) is 23.3 Å². The highest BCUT2D eigenvalue weighted by Crippen LogP contribution is 2.36. The fourth-order valence-corrected chi connectivity index (χ4v) is 5.79. The average molecular weight is 473 g/mol. The zero-order valence-corrected chi connectivity index (χ0v) is 20.4. The van der Waals surface area contributed by atoms with Gasteiger partial charge in [-0.25, -0.2) is 17.8 Å². The number of esters is 1. The maximum absolute atomic E-state index is 14.1. The summed E-state index contributed by atoms with van der Waals surface area (Å²) in [6, 6.07) is 4.55. The molecule has 0 unspecified atom stereocenters. The molecule has 1 aromatic carbocycles. The minimum atomic E-state index is -4.39. The largest absolute Gasteiger partial charge is 0.458 e. The molecule has 1 fully saturated rings. The number of nitrogens with zero attached hydrogens (tertiary/aromatic N) is 2. The molecule has 0 spiro atoms. The van der Waals surface area contributed by atoms with Gasteiger partial charge in [0.1, 0.15) is 18.7 Å². The second kappa shape index (κ2) is 9.42. The van der Waals surface area contributed by atoms with Crippen LogP contribution in [0.25, 0.3) is 0 Å². The first-order chi connectivity index (χ1) is 14.7. The molecule has 0 aromatic heterocycles. The first-order valence-electron chi connectivity index (χ1n) is 10.7. The molecule has 180 valence electrons. The summed E-state index contributed by atoms with van der Waals surface area (Å²) >= 11 is 0. The summed E-state index contributed by atoms with van der Waals surface area (Å²) in [6.45, 7) is 12.5. The Labute approximate surface area is 189 Å². The Morgan fingerprint density at radius 3 is 2.16 bits per heavy atom. The molecule has 0 radical (unpaired) electrons. The third kappa shape index (κ3) is 5.11. The van der Waals surface area contributed by atoms with E-state index in [0.717, 1.165) is 24.3 Å². The van der Waals surface area contributed by atoms with Crippen molar-refractivity contribution in [2.24, 2.45) is 5.92 Å². The molecule has 10 nitrogen and oxygen atoms in total. The highest BCUT2D eigenvalue weighted by Gasteiger charge is 2.61. The van der Waals surface area contributed by atoms with Crippen LogP contribution in [-0.4, -0.2) is 67.2 Å². The molecular weight excluding hydrogens is 438 g/mol. The van der Waals surface area contributed by atoms with Crippen molar-refractivity contribution in [2.75, 3.05) is 32.8 Å². The summed E-state index contributed by atoms with van der Waals surface area (Å²) in [5.74, 6) is -1.63. The van der Waals surface area contributed by atoms with E-state index in [1.807, 2.05) is 6.92 Å². The van der Waals surface area contributed by atoms with E-state index >= 15 is 0 Å². The number of nitro groups is 1. The highest BCUT2D eigenvalue weighted by molar-refractivity contribution is 7.93. The molecule has 2 rings (SSSR count). The van der Waals surface area contributed by atoms with Gasteiger partial charge in [0.25, 0.3) is 10.6 Å². The molecule has 11 heteroatoms. The summed E-state index contributed by atoms with van der Waals surface area (Å²) in [6.07, 6.45) is 0. The van der Waals surface area contributed by atoms with Crippen LogP contribution in [0.2, 0.25) is 0 Å². The number of hydrogen-bond donors (Lipinski definition) is 1. The number of quaternary nitrogens is 1. The molecule has 0 aliphatic carbocycles. The Morgan fingerprint density at radius 2 is 1.75 bits per heavy atom. The third-order valence-corrected chi connectivity index (χ3v) is 8.10. The van der Waals surface area contributed by atoms with Gasteiger partial charge in [0.05, 0.1) is 29.6 Å². The highest BCUT2D eigenvalue weighted by atomic mass is 32.2. The van der Waals surface area contributed by atoms with Crippen molar-refractivity contribution >= 4 is 21.5 Å². The average Bonchev–Trinajstić information content (AvgIpc) is 2.71. The van der Waals surface area contributed by atoms with Gasteiger partial charge >= 0.3 is 5.97 Å². The van der Waals surface area contributed by atoms with Gasteiger partial charge in [0.15, 0.2) is 0 Å². The van der Waals surface area contributed by atoms with Gasteiger partial charge in [-0.15, -0.1) is 5.43 Å². The van der Waals surface area contributed by atoms with Crippen molar-refractivity contribution in [3.05, 3.63) is 34.4 Å². The van der Waals surface area contributed by atoms with E-state index in [0.29, 0.717) is 32.8 Å². The minimum Gasteiger partial charge on any atom is -0.458 e. The van der Waals surface area contributed by atoms with Gasteiger partial charge in [-0.05, 0) is 39.8 Å². The van der Waals surface area contributed by atoms with E-state index in [4.69, 9.17) is 9.47 Å². The molecule has 0 saturated carbocycles. The number of nitro benzene ring substituents is 1. The number of ether oxygens (including phenoxy) is 2. The maximum atomic E-state index is 14.1. The minimum absolute atomic E-state index is 0.156. The summed E-state index contributed by atoms with van der Waals surface area (Å²) in [5, 5.41) is 11.0. The lowest BCUT2D eigenvalue weighted by molar-refractivity contribution is -0.977. The number of likely N-dealkylation sites (N-methyl/N-ethyl adjacent to an activating group) is 1. The van der Waals surface area contributed by atoms with Crippen LogP contribution in [0.5, 0.6) is 0 Å². The number of carbonyl (C=O) groups is 1. The smallest absolute Gasteiger partial charge is 0.348 e. The molecular formula is C21H34N3O7S+. The van der Waals surface area contributed by atoms with Gasteiger partial charge in [-0.1, -0.05) is 13.8 Å². The predicted octanol–water partition coefficient (Wildman–Crippen LogP) is 2.43. The van der Waals surface area contributed by atoms with E-state index in [-0.39, 0.29) is 15.2 Å². The number of nitrogens with one attached hydrogen (secondary N) is 1. The number of non-ortho nitro benzene ring substituents is 1. The topological polar surface area (TPSA) is 125 Å². The van der Waals surface area contributed by atoms with Crippen molar-refractivity contribution in [3.63, 3.8) is 0 Å².